The summed E-state index contributed by atoms with van der Waals surface area (Å²) in [4.78, 5) is 0. The van der Waals surface area contributed by atoms with Crippen molar-refractivity contribution < 1.29 is 5.11 Å². The summed E-state index contributed by atoms with van der Waals surface area (Å²) in [5, 5.41) is 21.2. The molecule has 1 aromatic carbocycles. The van der Waals surface area contributed by atoms with Gasteiger partial charge in [0.1, 0.15) is 0 Å². The van der Waals surface area contributed by atoms with Crippen LogP contribution in [0.3, 0.4) is 0 Å². The maximum Gasteiger partial charge on any atom is 0.0992 e. The van der Waals surface area contributed by atoms with Crippen LogP contribution in [0, 0.1) is 23.7 Å². The average Bonchev–Trinajstić information content (AvgIpc) is 2.28. The standard InChI is InChI=1S/C13H18N2O/c1-10-4-5-11(7-14)6-12(10)15-8-13(2,3)9-16/h4-6,15-16H,8-9H2,1-3H3. The molecule has 86 valence electrons. The van der Waals surface area contributed by atoms with E-state index >= 15 is 0 Å². The quantitative estimate of drug-likeness (QED) is 0.815. The molecule has 0 aliphatic heterocycles. The number of aliphatic hydroxyl groups is 1. The normalized spacial score (nSPS) is 10.9. The zero-order valence-corrected chi connectivity index (χ0v) is 10.0. The zero-order valence-electron chi connectivity index (χ0n) is 10.0. The molecule has 3 nitrogen and oxygen atoms in total. The van der Waals surface area contributed by atoms with Crippen molar-refractivity contribution in [1.82, 2.24) is 0 Å². The van der Waals surface area contributed by atoms with Crippen molar-refractivity contribution in [2.24, 2.45) is 5.41 Å². The van der Waals surface area contributed by atoms with Crippen molar-refractivity contribution >= 4 is 5.69 Å². The van der Waals surface area contributed by atoms with E-state index in [-0.39, 0.29) is 12.0 Å². The molecule has 0 unspecified atom stereocenters. The first-order valence-electron chi connectivity index (χ1n) is 5.34. The summed E-state index contributed by atoms with van der Waals surface area (Å²) in [6.07, 6.45) is 0. The van der Waals surface area contributed by atoms with E-state index in [0.29, 0.717) is 12.1 Å². The van der Waals surface area contributed by atoms with E-state index in [1.165, 1.54) is 0 Å². The summed E-state index contributed by atoms with van der Waals surface area (Å²) in [6.45, 7) is 6.79. The molecule has 0 fully saturated rings. The average molecular weight is 218 g/mol. The largest absolute Gasteiger partial charge is 0.396 e. The first-order valence-corrected chi connectivity index (χ1v) is 5.34. The van der Waals surface area contributed by atoms with Crippen molar-refractivity contribution in [3.63, 3.8) is 0 Å². The van der Waals surface area contributed by atoms with Gasteiger partial charge in [0.2, 0.25) is 0 Å². The Bertz CT molecular complexity index is 405. The smallest absolute Gasteiger partial charge is 0.0992 e. The highest BCUT2D eigenvalue weighted by molar-refractivity contribution is 5.55. The van der Waals surface area contributed by atoms with Gasteiger partial charge in [0.15, 0.2) is 0 Å². The number of benzene rings is 1. The van der Waals surface area contributed by atoms with Gasteiger partial charge in [-0.2, -0.15) is 5.26 Å². The molecule has 0 amide bonds. The third-order valence-corrected chi connectivity index (χ3v) is 2.55. The van der Waals surface area contributed by atoms with Crippen LogP contribution in [-0.2, 0) is 0 Å². The Hall–Kier alpha value is -1.53. The van der Waals surface area contributed by atoms with Gasteiger partial charge in [0.25, 0.3) is 0 Å². The highest BCUT2D eigenvalue weighted by Crippen LogP contribution is 2.20. The number of anilines is 1. The van der Waals surface area contributed by atoms with E-state index in [1.54, 1.807) is 6.07 Å². The number of aliphatic hydroxyl groups excluding tert-OH is 1. The fraction of sp³-hybridized carbons (Fsp3) is 0.462. The molecule has 0 aliphatic rings. The molecule has 1 aromatic rings. The van der Waals surface area contributed by atoms with E-state index < -0.39 is 0 Å². The van der Waals surface area contributed by atoms with E-state index in [9.17, 15) is 0 Å². The SMILES string of the molecule is Cc1ccc(C#N)cc1NCC(C)(C)CO. The number of nitrogens with zero attached hydrogens (tertiary/aromatic N) is 1. The minimum absolute atomic E-state index is 0.136. The third kappa shape index (κ3) is 3.25. The first kappa shape index (κ1) is 12.5. The molecule has 0 radical (unpaired) electrons. The second-order valence-electron chi connectivity index (χ2n) is 4.82. The number of rotatable bonds is 4. The lowest BCUT2D eigenvalue weighted by Crippen LogP contribution is -2.27. The maximum absolute atomic E-state index is 9.15. The van der Waals surface area contributed by atoms with Crippen LogP contribution in [0.4, 0.5) is 5.69 Å². The topological polar surface area (TPSA) is 56.0 Å². The van der Waals surface area contributed by atoms with Crippen molar-refractivity contribution in [2.45, 2.75) is 20.8 Å². The minimum Gasteiger partial charge on any atom is -0.396 e. The van der Waals surface area contributed by atoms with Gasteiger partial charge in [-0.05, 0) is 24.6 Å². The Morgan fingerprint density at radius 1 is 1.44 bits per heavy atom. The molecule has 0 saturated carbocycles. The van der Waals surface area contributed by atoms with Crippen molar-refractivity contribution in [1.29, 1.82) is 5.26 Å². The summed E-state index contributed by atoms with van der Waals surface area (Å²) >= 11 is 0. The van der Waals surface area contributed by atoms with Crippen LogP contribution in [0.5, 0.6) is 0 Å². The molecule has 0 aromatic heterocycles. The summed E-state index contributed by atoms with van der Waals surface area (Å²) in [7, 11) is 0. The van der Waals surface area contributed by atoms with Gasteiger partial charge in [-0.3, -0.25) is 0 Å². The molecular formula is C13H18N2O. The molecule has 0 aliphatic carbocycles. The lowest BCUT2D eigenvalue weighted by atomic mass is 9.94. The fourth-order valence-corrected chi connectivity index (χ4v) is 1.27. The lowest BCUT2D eigenvalue weighted by Gasteiger charge is -2.23. The number of nitrogens with one attached hydrogen (secondary N) is 1. The van der Waals surface area contributed by atoms with Gasteiger partial charge >= 0.3 is 0 Å². The molecule has 0 saturated heterocycles. The van der Waals surface area contributed by atoms with Gasteiger partial charge in [-0.25, -0.2) is 0 Å². The molecule has 2 N–H and O–H groups in total. The summed E-state index contributed by atoms with van der Waals surface area (Å²) < 4.78 is 0. The number of aryl methyl sites for hydroxylation is 1. The fourth-order valence-electron chi connectivity index (χ4n) is 1.27. The monoisotopic (exact) mass is 218 g/mol. The Balaban J connectivity index is 2.78. The predicted octanol–water partition coefficient (Wildman–Crippen LogP) is 2.30. The molecule has 0 heterocycles. The van der Waals surface area contributed by atoms with E-state index in [0.717, 1.165) is 11.3 Å². The lowest BCUT2D eigenvalue weighted by molar-refractivity contribution is 0.171. The number of hydrogen-bond donors (Lipinski definition) is 2. The van der Waals surface area contributed by atoms with Gasteiger partial charge in [-0.15, -0.1) is 0 Å². The molecule has 0 bridgehead atoms. The summed E-state index contributed by atoms with van der Waals surface area (Å²) in [6, 6.07) is 7.68. The minimum atomic E-state index is -0.158. The second-order valence-corrected chi connectivity index (χ2v) is 4.82. The maximum atomic E-state index is 9.15. The van der Waals surface area contributed by atoms with Crippen LogP contribution in [0.15, 0.2) is 18.2 Å². The van der Waals surface area contributed by atoms with Gasteiger partial charge in [0.05, 0.1) is 11.6 Å². The summed E-state index contributed by atoms with van der Waals surface area (Å²) in [5.74, 6) is 0. The highest BCUT2D eigenvalue weighted by atomic mass is 16.3. The van der Waals surface area contributed by atoms with Crippen LogP contribution < -0.4 is 5.32 Å². The van der Waals surface area contributed by atoms with Gasteiger partial charge in [0, 0.05) is 24.3 Å². The van der Waals surface area contributed by atoms with Gasteiger partial charge < -0.3 is 10.4 Å². The number of nitriles is 1. The molecular weight excluding hydrogens is 200 g/mol. The van der Waals surface area contributed by atoms with Crippen LogP contribution in [0.1, 0.15) is 25.0 Å². The first-order chi connectivity index (χ1) is 7.48. The Morgan fingerprint density at radius 2 is 2.12 bits per heavy atom. The number of hydrogen-bond acceptors (Lipinski definition) is 3. The Kier molecular flexibility index (Phi) is 3.92. The molecule has 0 spiro atoms. The van der Waals surface area contributed by atoms with Crippen molar-refractivity contribution in [2.75, 3.05) is 18.5 Å². The van der Waals surface area contributed by atoms with Crippen molar-refractivity contribution in [3.8, 4) is 6.07 Å². The molecule has 16 heavy (non-hydrogen) atoms. The van der Waals surface area contributed by atoms with Crippen molar-refractivity contribution in [3.05, 3.63) is 29.3 Å². The Labute approximate surface area is 96.7 Å². The van der Waals surface area contributed by atoms with E-state index in [4.69, 9.17) is 10.4 Å². The summed E-state index contributed by atoms with van der Waals surface area (Å²) in [5.41, 5.74) is 2.55. The molecule has 3 heteroatoms. The Morgan fingerprint density at radius 3 is 2.69 bits per heavy atom. The van der Waals surface area contributed by atoms with Crippen LogP contribution in [0.2, 0.25) is 0 Å². The third-order valence-electron chi connectivity index (χ3n) is 2.55. The van der Waals surface area contributed by atoms with E-state index in [2.05, 4.69) is 11.4 Å². The second kappa shape index (κ2) is 5.00. The van der Waals surface area contributed by atoms with Crippen LogP contribution in [-0.4, -0.2) is 18.3 Å². The zero-order chi connectivity index (χ0) is 12.2. The van der Waals surface area contributed by atoms with Gasteiger partial charge in [-0.1, -0.05) is 19.9 Å². The van der Waals surface area contributed by atoms with E-state index in [1.807, 2.05) is 32.9 Å². The van der Waals surface area contributed by atoms with Crippen LogP contribution in [0.25, 0.3) is 0 Å². The molecule has 1 rings (SSSR count). The van der Waals surface area contributed by atoms with Crippen LogP contribution >= 0.6 is 0 Å². The predicted molar refractivity (Wildman–Crippen MR) is 65.3 cm³/mol. The molecule has 0 atom stereocenters. The highest BCUT2D eigenvalue weighted by Gasteiger charge is 2.16.